The predicted molar refractivity (Wildman–Crippen MR) is 92.1 cm³/mol. The predicted octanol–water partition coefficient (Wildman–Crippen LogP) is 4.92. The lowest BCUT2D eigenvalue weighted by Crippen LogP contribution is -2.10. The monoisotopic (exact) mass is 357 g/mol. The quantitative estimate of drug-likeness (QED) is 0.620. The van der Waals surface area contributed by atoms with Crippen LogP contribution < -0.4 is 5.63 Å². The van der Waals surface area contributed by atoms with Gasteiger partial charge in [0.15, 0.2) is 0 Å². The highest BCUT2D eigenvalue weighted by Crippen LogP contribution is 2.26. The first kappa shape index (κ1) is 15.0. The van der Waals surface area contributed by atoms with Crippen molar-refractivity contribution >= 4 is 26.8 Å². The molecule has 112 valence electrons. The minimum Gasteiger partial charge on any atom is -0.403 e. The van der Waals surface area contributed by atoms with Crippen LogP contribution in [-0.4, -0.2) is 4.98 Å². The summed E-state index contributed by atoms with van der Waals surface area (Å²) in [6.07, 6.45) is 0. The van der Waals surface area contributed by atoms with Gasteiger partial charge in [0, 0.05) is 10.0 Å². The van der Waals surface area contributed by atoms with Crippen molar-refractivity contribution in [2.75, 3.05) is 0 Å². The van der Waals surface area contributed by atoms with Crippen LogP contribution in [-0.2, 0) is 5.41 Å². The summed E-state index contributed by atoms with van der Waals surface area (Å²) in [5.74, 6) is 0.347. The van der Waals surface area contributed by atoms with Gasteiger partial charge in [0.05, 0.1) is 10.9 Å². The first-order valence-corrected chi connectivity index (χ1v) is 7.85. The molecule has 0 saturated carbocycles. The lowest BCUT2D eigenvalue weighted by atomic mass is 9.87. The van der Waals surface area contributed by atoms with Crippen LogP contribution in [0.3, 0.4) is 0 Å². The van der Waals surface area contributed by atoms with Gasteiger partial charge in [-0.25, -0.2) is 9.78 Å². The number of benzene rings is 2. The second-order valence-corrected chi connectivity index (χ2v) is 7.21. The molecule has 0 N–H and O–H groups in total. The van der Waals surface area contributed by atoms with E-state index in [1.54, 1.807) is 6.07 Å². The van der Waals surface area contributed by atoms with Crippen LogP contribution in [0.2, 0.25) is 0 Å². The summed E-state index contributed by atoms with van der Waals surface area (Å²) in [4.78, 5) is 16.6. The molecule has 3 nitrogen and oxygen atoms in total. The fourth-order valence-corrected chi connectivity index (χ4v) is 2.64. The molecule has 1 heterocycles. The van der Waals surface area contributed by atoms with Crippen molar-refractivity contribution < 1.29 is 4.42 Å². The summed E-state index contributed by atoms with van der Waals surface area (Å²) in [6.45, 7) is 6.48. The third kappa shape index (κ3) is 2.83. The van der Waals surface area contributed by atoms with E-state index in [0.29, 0.717) is 16.8 Å². The van der Waals surface area contributed by atoms with Crippen molar-refractivity contribution in [1.82, 2.24) is 4.98 Å². The van der Waals surface area contributed by atoms with E-state index in [4.69, 9.17) is 4.42 Å². The first-order valence-electron chi connectivity index (χ1n) is 7.06. The summed E-state index contributed by atoms with van der Waals surface area (Å²) in [5.41, 5.74) is 2.37. The molecule has 3 rings (SSSR count). The molecule has 4 heteroatoms. The lowest BCUT2D eigenvalue weighted by molar-refractivity contribution is 0.518. The normalized spacial score (nSPS) is 11.8. The molecule has 1 aromatic heterocycles. The van der Waals surface area contributed by atoms with Crippen LogP contribution in [0.5, 0.6) is 0 Å². The molecular weight excluding hydrogens is 342 g/mol. The highest BCUT2D eigenvalue weighted by atomic mass is 79.9. The maximum absolute atomic E-state index is 12.1. The molecule has 0 amide bonds. The first-order chi connectivity index (χ1) is 10.3. The number of nitrogens with zero attached hydrogens (tertiary/aromatic N) is 1. The highest BCUT2D eigenvalue weighted by Gasteiger charge is 2.14. The number of rotatable bonds is 1. The summed E-state index contributed by atoms with van der Waals surface area (Å²) >= 11 is 3.35. The van der Waals surface area contributed by atoms with Gasteiger partial charge < -0.3 is 4.42 Å². The van der Waals surface area contributed by atoms with E-state index < -0.39 is 0 Å². The van der Waals surface area contributed by atoms with Gasteiger partial charge in [-0.1, -0.05) is 48.8 Å². The fourth-order valence-electron chi connectivity index (χ4n) is 2.28. The number of hydrogen-bond donors (Lipinski definition) is 0. The number of aromatic nitrogens is 1. The van der Waals surface area contributed by atoms with Crippen LogP contribution in [0.15, 0.2) is 56.1 Å². The molecule has 0 aliphatic heterocycles. The van der Waals surface area contributed by atoms with Gasteiger partial charge in [-0.2, -0.15) is 0 Å². The van der Waals surface area contributed by atoms with Gasteiger partial charge in [0.2, 0.25) is 5.89 Å². The van der Waals surface area contributed by atoms with Crippen LogP contribution in [0, 0.1) is 0 Å². The van der Waals surface area contributed by atoms with Crippen molar-refractivity contribution in [2.45, 2.75) is 26.2 Å². The van der Waals surface area contributed by atoms with Gasteiger partial charge in [0.1, 0.15) is 0 Å². The molecular formula is C18H16BrNO2. The average Bonchev–Trinajstić information content (AvgIpc) is 2.47. The summed E-state index contributed by atoms with van der Waals surface area (Å²) in [5, 5.41) is 0.476. The maximum Gasteiger partial charge on any atom is 0.347 e. The van der Waals surface area contributed by atoms with Crippen LogP contribution >= 0.6 is 15.9 Å². The van der Waals surface area contributed by atoms with Crippen LogP contribution in [0.4, 0.5) is 0 Å². The van der Waals surface area contributed by atoms with E-state index in [-0.39, 0.29) is 11.0 Å². The molecule has 0 aliphatic rings. The smallest absolute Gasteiger partial charge is 0.347 e. The molecule has 22 heavy (non-hydrogen) atoms. The fraction of sp³-hybridized carbons (Fsp3) is 0.222. The zero-order valence-corrected chi connectivity index (χ0v) is 14.3. The van der Waals surface area contributed by atoms with E-state index >= 15 is 0 Å². The molecule has 0 radical (unpaired) electrons. The van der Waals surface area contributed by atoms with Gasteiger partial charge >= 0.3 is 5.63 Å². The molecule has 0 bridgehead atoms. The zero-order chi connectivity index (χ0) is 15.9. The Morgan fingerprint density at radius 1 is 1.05 bits per heavy atom. The Morgan fingerprint density at radius 3 is 2.36 bits per heavy atom. The van der Waals surface area contributed by atoms with Crippen molar-refractivity contribution in [1.29, 1.82) is 0 Å². The minimum absolute atomic E-state index is 0.0858. The van der Waals surface area contributed by atoms with E-state index in [0.717, 1.165) is 10.0 Å². The van der Waals surface area contributed by atoms with E-state index in [1.807, 2.05) is 36.4 Å². The second kappa shape index (κ2) is 5.36. The van der Waals surface area contributed by atoms with E-state index in [2.05, 4.69) is 41.7 Å². The number of hydrogen-bond acceptors (Lipinski definition) is 3. The molecule has 0 fully saturated rings. The minimum atomic E-state index is -0.374. The van der Waals surface area contributed by atoms with E-state index in [1.165, 1.54) is 5.56 Å². The average molecular weight is 358 g/mol. The largest absolute Gasteiger partial charge is 0.403 e. The third-order valence-electron chi connectivity index (χ3n) is 3.59. The highest BCUT2D eigenvalue weighted by molar-refractivity contribution is 9.10. The third-order valence-corrected chi connectivity index (χ3v) is 4.08. The van der Waals surface area contributed by atoms with Crippen LogP contribution in [0.1, 0.15) is 26.3 Å². The SMILES string of the molecule is CC(C)(C)c1ccc(-c2nc3ccc(Br)cc3c(=O)o2)cc1. The Labute approximate surface area is 137 Å². The summed E-state index contributed by atoms with van der Waals surface area (Å²) in [7, 11) is 0. The Hall–Kier alpha value is -1.94. The Kier molecular flexibility index (Phi) is 3.65. The Morgan fingerprint density at radius 2 is 1.73 bits per heavy atom. The maximum atomic E-state index is 12.1. The molecule has 0 atom stereocenters. The molecule has 2 aromatic carbocycles. The lowest BCUT2D eigenvalue weighted by Gasteiger charge is -2.18. The van der Waals surface area contributed by atoms with Crippen molar-refractivity contribution in [3.8, 4) is 11.5 Å². The van der Waals surface area contributed by atoms with E-state index in [9.17, 15) is 4.79 Å². The topological polar surface area (TPSA) is 43.1 Å². The standard InChI is InChI=1S/C18H16BrNO2/c1-18(2,3)12-6-4-11(5-7-12)16-20-15-9-8-13(19)10-14(15)17(21)22-16/h4-10H,1-3H3. The molecule has 3 aromatic rings. The zero-order valence-electron chi connectivity index (χ0n) is 12.7. The number of fused-ring (bicyclic) bond motifs is 1. The van der Waals surface area contributed by atoms with Crippen molar-refractivity contribution in [3.63, 3.8) is 0 Å². The summed E-state index contributed by atoms with van der Waals surface area (Å²) < 4.78 is 6.20. The van der Waals surface area contributed by atoms with Gasteiger partial charge in [-0.15, -0.1) is 0 Å². The summed E-state index contributed by atoms with van der Waals surface area (Å²) in [6, 6.07) is 13.4. The van der Waals surface area contributed by atoms with Gasteiger partial charge in [-0.3, -0.25) is 0 Å². The Balaban J connectivity index is 2.11. The van der Waals surface area contributed by atoms with Gasteiger partial charge in [-0.05, 0) is 41.3 Å². The Bertz CT molecular complexity index is 890. The molecule has 0 aliphatic carbocycles. The molecule has 0 spiro atoms. The van der Waals surface area contributed by atoms with Gasteiger partial charge in [0.25, 0.3) is 0 Å². The second-order valence-electron chi connectivity index (χ2n) is 6.30. The van der Waals surface area contributed by atoms with Crippen LogP contribution in [0.25, 0.3) is 22.4 Å². The number of halogens is 1. The molecule has 0 unspecified atom stereocenters. The van der Waals surface area contributed by atoms with Crippen molar-refractivity contribution in [2.24, 2.45) is 0 Å². The van der Waals surface area contributed by atoms with Crippen molar-refractivity contribution in [3.05, 3.63) is 62.9 Å². The molecule has 0 saturated heterocycles.